The monoisotopic (exact) mass is 250 g/mol. The molecule has 0 fully saturated rings. The number of nitrogens with two attached hydrogens (primary N) is 1. The van der Waals surface area contributed by atoms with E-state index in [1.165, 1.54) is 0 Å². The normalized spacial score (nSPS) is 10.6. The molecule has 0 bridgehead atoms. The van der Waals surface area contributed by atoms with E-state index in [0.717, 1.165) is 16.9 Å². The van der Waals surface area contributed by atoms with Crippen LogP contribution in [0.3, 0.4) is 0 Å². The highest BCUT2D eigenvalue weighted by atomic mass is 16.5. The molecule has 1 rings (SSSR count). The van der Waals surface area contributed by atoms with Crippen molar-refractivity contribution in [3.05, 3.63) is 29.3 Å². The maximum atomic E-state index is 11.8. The Morgan fingerprint density at radius 2 is 2.11 bits per heavy atom. The van der Waals surface area contributed by atoms with Crippen molar-refractivity contribution in [3.63, 3.8) is 0 Å². The zero-order valence-electron chi connectivity index (χ0n) is 11.6. The largest absolute Gasteiger partial charge is 0.483 e. The highest BCUT2D eigenvalue weighted by Crippen LogP contribution is 2.22. The number of amides is 1. The van der Waals surface area contributed by atoms with E-state index < -0.39 is 0 Å². The Kier molecular flexibility index (Phi) is 5.16. The third kappa shape index (κ3) is 3.47. The first-order valence-corrected chi connectivity index (χ1v) is 6.14. The summed E-state index contributed by atoms with van der Waals surface area (Å²) in [7, 11) is 1.78. The molecule has 1 aromatic rings. The Morgan fingerprint density at radius 3 is 2.67 bits per heavy atom. The number of carbonyl (C=O) groups excluding carboxylic acids is 1. The maximum absolute atomic E-state index is 11.8. The number of para-hydroxylation sites is 1. The number of aryl methyl sites for hydroxylation is 1. The minimum atomic E-state index is -0.0313. The van der Waals surface area contributed by atoms with Crippen molar-refractivity contribution in [2.45, 2.75) is 33.4 Å². The summed E-state index contributed by atoms with van der Waals surface area (Å²) in [5.74, 6) is 0.696. The van der Waals surface area contributed by atoms with Crippen LogP contribution in [0.4, 0.5) is 0 Å². The molecule has 0 saturated heterocycles. The van der Waals surface area contributed by atoms with Crippen LogP contribution in [0.25, 0.3) is 0 Å². The quantitative estimate of drug-likeness (QED) is 0.865. The summed E-state index contributed by atoms with van der Waals surface area (Å²) in [5, 5.41) is 0. The van der Waals surface area contributed by atoms with E-state index in [1.807, 2.05) is 39.0 Å². The van der Waals surface area contributed by atoms with Crippen molar-refractivity contribution in [2.75, 3.05) is 13.7 Å². The number of hydrogen-bond donors (Lipinski definition) is 1. The van der Waals surface area contributed by atoms with Crippen LogP contribution >= 0.6 is 0 Å². The fourth-order valence-corrected chi connectivity index (χ4v) is 1.60. The molecule has 0 aliphatic carbocycles. The Morgan fingerprint density at radius 1 is 1.44 bits per heavy atom. The van der Waals surface area contributed by atoms with Crippen LogP contribution in [-0.2, 0) is 11.3 Å². The predicted octanol–water partition coefficient (Wildman–Crippen LogP) is 1.70. The number of hydrogen-bond acceptors (Lipinski definition) is 3. The lowest BCUT2D eigenvalue weighted by Crippen LogP contribution is -2.36. The highest BCUT2D eigenvalue weighted by Gasteiger charge is 2.14. The van der Waals surface area contributed by atoms with Gasteiger partial charge in [-0.25, -0.2) is 0 Å². The molecular formula is C14H22N2O2. The van der Waals surface area contributed by atoms with Crippen LogP contribution in [0.15, 0.2) is 18.2 Å². The summed E-state index contributed by atoms with van der Waals surface area (Å²) in [6.07, 6.45) is 0. The van der Waals surface area contributed by atoms with Crippen molar-refractivity contribution < 1.29 is 9.53 Å². The molecule has 18 heavy (non-hydrogen) atoms. The van der Waals surface area contributed by atoms with Gasteiger partial charge in [0.1, 0.15) is 5.75 Å². The molecule has 0 unspecified atom stereocenters. The van der Waals surface area contributed by atoms with Gasteiger partial charge in [0.05, 0.1) is 0 Å². The lowest BCUT2D eigenvalue weighted by molar-refractivity contribution is -0.133. The number of nitrogens with zero attached hydrogens (tertiary/aromatic N) is 1. The second kappa shape index (κ2) is 6.40. The van der Waals surface area contributed by atoms with Crippen LogP contribution in [0, 0.1) is 6.92 Å². The van der Waals surface area contributed by atoms with Crippen molar-refractivity contribution in [1.82, 2.24) is 4.90 Å². The van der Waals surface area contributed by atoms with Gasteiger partial charge in [-0.05, 0) is 26.3 Å². The molecule has 0 radical (unpaired) electrons. The number of carbonyl (C=O) groups is 1. The number of ether oxygens (including phenoxy) is 1. The first-order valence-electron chi connectivity index (χ1n) is 6.14. The van der Waals surface area contributed by atoms with Gasteiger partial charge in [0.15, 0.2) is 6.61 Å². The average Bonchev–Trinajstić information content (AvgIpc) is 2.35. The second-order valence-corrected chi connectivity index (χ2v) is 4.65. The molecule has 0 saturated carbocycles. The minimum Gasteiger partial charge on any atom is -0.483 e. The fourth-order valence-electron chi connectivity index (χ4n) is 1.60. The van der Waals surface area contributed by atoms with Crippen molar-refractivity contribution in [2.24, 2.45) is 5.73 Å². The highest BCUT2D eigenvalue weighted by molar-refractivity contribution is 5.77. The number of benzene rings is 1. The predicted molar refractivity (Wildman–Crippen MR) is 72.5 cm³/mol. The molecule has 4 heteroatoms. The molecule has 0 aromatic heterocycles. The van der Waals surface area contributed by atoms with E-state index in [1.54, 1.807) is 11.9 Å². The second-order valence-electron chi connectivity index (χ2n) is 4.65. The molecular weight excluding hydrogens is 228 g/mol. The molecule has 1 aromatic carbocycles. The van der Waals surface area contributed by atoms with E-state index in [-0.39, 0.29) is 18.6 Å². The molecule has 0 aliphatic heterocycles. The van der Waals surface area contributed by atoms with Crippen LogP contribution in [0.1, 0.15) is 25.0 Å². The van der Waals surface area contributed by atoms with Gasteiger partial charge in [0.2, 0.25) is 0 Å². The third-order valence-electron chi connectivity index (χ3n) is 3.02. The summed E-state index contributed by atoms with van der Waals surface area (Å²) in [4.78, 5) is 13.5. The summed E-state index contributed by atoms with van der Waals surface area (Å²) in [6.45, 7) is 6.34. The van der Waals surface area contributed by atoms with Gasteiger partial charge in [-0.3, -0.25) is 4.79 Å². The first-order chi connectivity index (χ1) is 8.47. The molecule has 0 aliphatic rings. The van der Waals surface area contributed by atoms with Gasteiger partial charge < -0.3 is 15.4 Å². The molecule has 2 N–H and O–H groups in total. The van der Waals surface area contributed by atoms with Crippen LogP contribution < -0.4 is 10.5 Å². The van der Waals surface area contributed by atoms with Crippen molar-refractivity contribution in [3.8, 4) is 5.75 Å². The van der Waals surface area contributed by atoms with Gasteiger partial charge >= 0.3 is 0 Å². The summed E-state index contributed by atoms with van der Waals surface area (Å²) in [6, 6.07) is 5.98. The van der Waals surface area contributed by atoms with Gasteiger partial charge in [-0.15, -0.1) is 0 Å². The summed E-state index contributed by atoms with van der Waals surface area (Å²) in [5.41, 5.74) is 7.58. The van der Waals surface area contributed by atoms with Crippen molar-refractivity contribution in [1.29, 1.82) is 0 Å². The van der Waals surface area contributed by atoms with Gasteiger partial charge in [0.25, 0.3) is 5.91 Å². The van der Waals surface area contributed by atoms with Gasteiger partial charge in [-0.1, -0.05) is 18.2 Å². The van der Waals surface area contributed by atoms with E-state index in [4.69, 9.17) is 10.5 Å². The molecule has 0 heterocycles. The van der Waals surface area contributed by atoms with Crippen LogP contribution in [0.2, 0.25) is 0 Å². The Bertz CT molecular complexity index is 416. The lowest BCUT2D eigenvalue weighted by Gasteiger charge is -2.22. The Balaban J connectivity index is 2.72. The van der Waals surface area contributed by atoms with Crippen LogP contribution in [-0.4, -0.2) is 30.5 Å². The lowest BCUT2D eigenvalue weighted by atomic mass is 10.1. The van der Waals surface area contributed by atoms with E-state index in [2.05, 4.69) is 0 Å². The van der Waals surface area contributed by atoms with E-state index >= 15 is 0 Å². The Labute approximate surface area is 109 Å². The molecule has 0 atom stereocenters. The topological polar surface area (TPSA) is 55.6 Å². The SMILES string of the molecule is Cc1cccc(CN)c1OCC(=O)N(C)C(C)C. The zero-order valence-corrected chi connectivity index (χ0v) is 11.6. The Hall–Kier alpha value is -1.55. The molecule has 4 nitrogen and oxygen atoms in total. The first kappa shape index (κ1) is 14.5. The van der Waals surface area contributed by atoms with Gasteiger partial charge in [-0.2, -0.15) is 0 Å². The molecule has 0 spiro atoms. The standard InChI is InChI=1S/C14H22N2O2/c1-10(2)16(4)13(17)9-18-14-11(3)6-5-7-12(14)8-15/h5-7,10H,8-9,15H2,1-4H3. The smallest absolute Gasteiger partial charge is 0.260 e. The van der Waals surface area contributed by atoms with Crippen molar-refractivity contribution >= 4 is 5.91 Å². The fraction of sp³-hybridized carbons (Fsp3) is 0.500. The van der Waals surface area contributed by atoms with E-state index in [9.17, 15) is 4.79 Å². The van der Waals surface area contributed by atoms with Crippen LogP contribution in [0.5, 0.6) is 5.75 Å². The summed E-state index contributed by atoms with van der Waals surface area (Å²) >= 11 is 0. The van der Waals surface area contributed by atoms with E-state index in [0.29, 0.717) is 6.54 Å². The molecule has 1 amide bonds. The molecule has 100 valence electrons. The third-order valence-corrected chi connectivity index (χ3v) is 3.02. The minimum absolute atomic E-state index is 0.0313. The number of likely N-dealkylation sites (N-methyl/N-ethyl adjacent to an activating group) is 1. The summed E-state index contributed by atoms with van der Waals surface area (Å²) < 4.78 is 5.62. The van der Waals surface area contributed by atoms with Gasteiger partial charge in [0, 0.05) is 25.2 Å². The average molecular weight is 250 g/mol. The number of rotatable bonds is 5. The maximum Gasteiger partial charge on any atom is 0.260 e. The zero-order chi connectivity index (χ0) is 13.7.